The van der Waals surface area contributed by atoms with Gasteiger partial charge in [0.05, 0.1) is 17.8 Å². The van der Waals surface area contributed by atoms with Gasteiger partial charge < -0.3 is 4.74 Å². The number of nitrogens with zero attached hydrogens (tertiary/aromatic N) is 1. The number of hydrogen-bond donors (Lipinski definition) is 0. The van der Waals surface area contributed by atoms with Crippen molar-refractivity contribution in [1.29, 1.82) is 0 Å². The van der Waals surface area contributed by atoms with E-state index in [1.54, 1.807) is 18.4 Å². The molecule has 3 heteroatoms. The lowest BCUT2D eigenvalue weighted by atomic mass is 10.0. The fraction of sp³-hybridized carbons (Fsp3) is 0.308. The van der Waals surface area contributed by atoms with E-state index in [0.29, 0.717) is 0 Å². The molecular formula is C13H15NOS. The first kappa shape index (κ1) is 11.1. The van der Waals surface area contributed by atoms with Crippen molar-refractivity contribution >= 4 is 11.3 Å². The third-order valence-electron chi connectivity index (χ3n) is 2.71. The van der Waals surface area contributed by atoms with E-state index in [9.17, 15) is 0 Å². The second-order valence-electron chi connectivity index (χ2n) is 3.89. The Balaban J connectivity index is 2.59. The van der Waals surface area contributed by atoms with Gasteiger partial charge in [-0.15, -0.1) is 11.3 Å². The van der Waals surface area contributed by atoms with Crippen molar-refractivity contribution in [3.05, 3.63) is 33.6 Å². The van der Waals surface area contributed by atoms with Crippen LogP contribution in [0.25, 0.3) is 11.3 Å². The summed E-state index contributed by atoms with van der Waals surface area (Å²) in [5, 5.41) is 3.15. The van der Waals surface area contributed by atoms with Crippen LogP contribution in [0.4, 0.5) is 0 Å². The summed E-state index contributed by atoms with van der Waals surface area (Å²) >= 11 is 1.66. The number of benzene rings is 1. The molecule has 1 heterocycles. The highest BCUT2D eigenvalue weighted by molar-refractivity contribution is 7.09. The zero-order chi connectivity index (χ0) is 11.7. The number of aryl methyl sites for hydroxylation is 3. The van der Waals surface area contributed by atoms with Crippen molar-refractivity contribution in [3.63, 3.8) is 0 Å². The van der Waals surface area contributed by atoms with Gasteiger partial charge in [-0.25, -0.2) is 4.98 Å². The topological polar surface area (TPSA) is 22.1 Å². The number of aromatic nitrogens is 1. The van der Waals surface area contributed by atoms with E-state index in [0.717, 1.165) is 22.0 Å². The molecule has 0 saturated carbocycles. The Bertz CT molecular complexity index is 517. The van der Waals surface area contributed by atoms with Gasteiger partial charge in [0.25, 0.3) is 0 Å². The largest absolute Gasteiger partial charge is 0.496 e. The van der Waals surface area contributed by atoms with E-state index >= 15 is 0 Å². The molecule has 16 heavy (non-hydrogen) atoms. The molecule has 0 saturated heterocycles. The van der Waals surface area contributed by atoms with Crippen LogP contribution in [0, 0.1) is 20.8 Å². The highest BCUT2D eigenvalue weighted by Gasteiger charge is 2.10. The van der Waals surface area contributed by atoms with Crippen molar-refractivity contribution in [2.24, 2.45) is 0 Å². The molecule has 2 rings (SSSR count). The second kappa shape index (κ2) is 4.26. The van der Waals surface area contributed by atoms with E-state index in [-0.39, 0.29) is 0 Å². The molecule has 0 atom stereocenters. The van der Waals surface area contributed by atoms with Gasteiger partial charge in [0.1, 0.15) is 5.75 Å². The van der Waals surface area contributed by atoms with Crippen molar-refractivity contribution < 1.29 is 4.74 Å². The summed E-state index contributed by atoms with van der Waals surface area (Å²) in [6, 6.07) is 4.21. The number of ether oxygens (including phenoxy) is 1. The zero-order valence-corrected chi connectivity index (χ0v) is 10.8. The third kappa shape index (κ3) is 1.95. The highest BCUT2D eigenvalue weighted by atomic mass is 32.1. The van der Waals surface area contributed by atoms with E-state index in [4.69, 9.17) is 4.74 Å². The first-order chi connectivity index (χ1) is 7.61. The molecule has 0 fully saturated rings. The van der Waals surface area contributed by atoms with Crippen molar-refractivity contribution in [1.82, 2.24) is 4.98 Å². The molecule has 0 spiro atoms. The summed E-state index contributed by atoms with van der Waals surface area (Å²) in [6.45, 7) is 6.22. The summed E-state index contributed by atoms with van der Waals surface area (Å²) in [4.78, 5) is 4.50. The molecule has 0 aliphatic heterocycles. The molecule has 84 valence electrons. The molecule has 0 bridgehead atoms. The van der Waals surface area contributed by atoms with Crippen LogP contribution in [0.3, 0.4) is 0 Å². The first-order valence-corrected chi connectivity index (χ1v) is 6.07. The minimum absolute atomic E-state index is 0.897. The first-order valence-electron chi connectivity index (χ1n) is 5.19. The van der Waals surface area contributed by atoms with Gasteiger partial charge in [-0.3, -0.25) is 0 Å². The number of methoxy groups -OCH3 is 1. The predicted octanol–water partition coefficient (Wildman–Crippen LogP) is 3.74. The molecule has 2 aromatic rings. The Morgan fingerprint density at radius 2 is 1.81 bits per heavy atom. The molecule has 0 N–H and O–H groups in total. The molecule has 0 amide bonds. The summed E-state index contributed by atoms with van der Waals surface area (Å²) in [5.74, 6) is 0.897. The van der Waals surface area contributed by atoms with Crippen LogP contribution in [0.5, 0.6) is 5.75 Å². The van der Waals surface area contributed by atoms with Gasteiger partial charge in [-0.2, -0.15) is 0 Å². The van der Waals surface area contributed by atoms with E-state index < -0.39 is 0 Å². The van der Waals surface area contributed by atoms with Crippen LogP contribution >= 0.6 is 11.3 Å². The van der Waals surface area contributed by atoms with Gasteiger partial charge in [0, 0.05) is 10.9 Å². The maximum Gasteiger partial charge on any atom is 0.128 e. The number of rotatable bonds is 2. The standard InChI is InChI=1S/C13H15NOS/c1-8-5-11(12-7-16-10(3)14-12)13(15-4)6-9(8)2/h5-7H,1-4H3. The van der Waals surface area contributed by atoms with Gasteiger partial charge in [-0.05, 0) is 44.0 Å². The lowest BCUT2D eigenvalue weighted by Gasteiger charge is -2.09. The third-order valence-corrected chi connectivity index (χ3v) is 3.48. The van der Waals surface area contributed by atoms with Crippen LogP contribution in [0.1, 0.15) is 16.1 Å². The van der Waals surface area contributed by atoms with Gasteiger partial charge in [0.2, 0.25) is 0 Å². The fourth-order valence-electron chi connectivity index (χ4n) is 1.65. The Hall–Kier alpha value is -1.35. The Kier molecular flexibility index (Phi) is 2.97. The SMILES string of the molecule is COc1cc(C)c(C)cc1-c1csc(C)n1. The second-order valence-corrected chi connectivity index (χ2v) is 4.95. The van der Waals surface area contributed by atoms with Gasteiger partial charge in [-0.1, -0.05) is 0 Å². The Morgan fingerprint density at radius 3 is 2.38 bits per heavy atom. The predicted molar refractivity (Wildman–Crippen MR) is 68.3 cm³/mol. The lowest BCUT2D eigenvalue weighted by molar-refractivity contribution is 0.416. The van der Waals surface area contributed by atoms with Crippen LogP contribution in [-0.2, 0) is 0 Å². The molecule has 2 nitrogen and oxygen atoms in total. The molecule has 0 aliphatic rings. The molecule has 0 aliphatic carbocycles. The number of thiazole rings is 1. The molecular weight excluding hydrogens is 218 g/mol. The summed E-state index contributed by atoms with van der Waals surface area (Å²) < 4.78 is 5.41. The lowest BCUT2D eigenvalue weighted by Crippen LogP contribution is -1.91. The average molecular weight is 233 g/mol. The van der Waals surface area contributed by atoms with E-state index in [2.05, 4.69) is 36.3 Å². The summed E-state index contributed by atoms with van der Waals surface area (Å²) in [7, 11) is 1.70. The molecule has 1 aromatic heterocycles. The van der Waals surface area contributed by atoms with Crippen molar-refractivity contribution in [2.45, 2.75) is 20.8 Å². The number of hydrogen-bond acceptors (Lipinski definition) is 3. The Labute approximate surface area is 99.9 Å². The minimum atomic E-state index is 0.897. The zero-order valence-electron chi connectivity index (χ0n) is 10.00. The minimum Gasteiger partial charge on any atom is -0.496 e. The quantitative estimate of drug-likeness (QED) is 0.788. The average Bonchev–Trinajstić information content (AvgIpc) is 2.68. The Morgan fingerprint density at radius 1 is 1.12 bits per heavy atom. The van der Waals surface area contributed by atoms with Gasteiger partial charge in [0.15, 0.2) is 0 Å². The molecule has 0 radical (unpaired) electrons. The van der Waals surface area contributed by atoms with Crippen molar-refractivity contribution in [3.8, 4) is 17.0 Å². The van der Waals surface area contributed by atoms with E-state index in [1.807, 2.05) is 6.92 Å². The molecule has 1 aromatic carbocycles. The van der Waals surface area contributed by atoms with Crippen molar-refractivity contribution in [2.75, 3.05) is 7.11 Å². The van der Waals surface area contributed by atoms with Crippen LogP contribution in [0.2, 0.25) is 0 Å². The smallest absolute Gasteiger partial charge is 0.128 e. The van der Waals surface area contributed by atoms with Crippen LogP contribution in [0.15, 0.2) is 17.5 Å². The monoisotopic (exact) mass is 233 g/mol. The summed E-state index contributed by atoms with van der Waals surface area (Å²) in [5.41, 5.74) is 4.59. The maximum atomic E-state index is 5.41. The highest BCUT2D eigenvalue weighted by Crippen LogP contribution is 2.32. The normalized spacial score (nSPS) is 10.5. The fourth-order valence-corrected chi connectivity index (χ4v) is 2.26. The van der Waals surface area contributed by atoms with Crippen LogP contribution in [-0.4, -0.2) is 12.1 Å². The maximum absolute atomic E-state index is 5.41. The summed E-state index contributed by atoms with van der Waals surface area (Å²) in [6.07, 6.45) is 0. The van der Waals surface area contributed by atoms with Gasteiger partial charge >= 0.3 is 0 Å². The van der Waals surface area contributed by atoms with Crippen LogP contribution < -0.4 is 4.74 Å². The molecule has 0 unspecified atom stereocenters. The van der Waals surface area contributed by atoms with E-state index in [1.165, 1.54) is 11.1 Å².